The summed E-state index contributed by atoms with van der Waals surface area (Å²) in [5.74, 6) is 0.674. The standard InChI is InChI=1S/C28H32N4O4/c1-36-22-12-10-21(11-13-22)14-15-29-28(35)23-6-2-3-7-24(23)30-27(34)20-31-16-18-32(19-17-31)25-8-4-5-9-26(25)33/h2-13,33H,14-20H2,1H3,(H,29,35)(H,30,34). The number of hydrogen-bond acceptors (Lipinski definition) is 6. The van der Waals surface area contributed by atoms with Crippen LogP contribution in [-0.2, 0) is 11.2 Å². The molecule has 188 valence electrons. The molecule has 1 aliphatic rings. The third-order valence-electron chi connectivity index (χ3n) is 6.27. The first-order chi connectivity index (χ1) is 17.5. The third kappa shape index (κ3) is 6.55. The molecule has 1 aliphatic heterocycles. The van der Waals surface area contributed by atoms with Crippen molar-refractivity contribution in [3.8, 4) is 11.5 Å². The lowest BCUT2D eigenvalue weighted by molar-refractivity contribution is -0.117. The van der Waals surface area contributed by atoms with Crippen LogP contribution in [0, 0.1) is 0 Å². The first kappa shape index (κ1) is 25.1. The summed E-state index contributed by atoms with van der Waals surface area (Å²) in [7, 11) is 1.63. The Morgan fingerprint density at radius 1 is 0.917 bits per heavy atom. The quantitative estimate of drug-likeness (QED) is 0.429. The van der Waals surface area contributed by atoms with Crippen LogP contribution in [0.2, 0.25) is 0 Å². The van der Waals surface area contributed by atoms with Crippen LogP contribution in [0.15, 0.2) is 72.8 Å². The highest BCUT2D eigenvalue weighted by atomic mass is 16.5. The number of aromatic hydroxyl groups is 1. The van der Waals surface area contributed by atoms with E-state index in [2.05, 4.69) is 20.4 Å². The number of rotatable bonds is 9. The predicted molar refractivity (Wildman–Crippen MR) is 141 cm³/mol. The molecule has 0 saturated carbocycles. The topological polar surface area (TPSA) is 94.1 Å². The summed E-state index contributed by atoms with van der Waals surface area (Å²) in [6.45, 7) is 3.57. The second-order valence-electron chi connectivity index (χ2n) is 8.70. The molecule has 36 heavy (non-hydrogen) atoms. The molecule has 4 rings (SSSR count). The molecule has 0 aromatic heterocycles. The maximum atomic E-state index is 12.8. The summed E-state index contributed by atoms with van der Waals surface area (Å²) >= 11 is 0. The van der Waals surface area contributed by atoms with Gasteiger partial charge in [-0.05, 0) is 48.4 Å². The van der Waals surface area contributed by atoms with Crippen LogP contribution < -0.4 is 20.3 Å². The van der Waals surface area contributed by atoms with E-state index in [9.17, 15) is 14.7 Å². The normalized spacial score (nSPS) is 13.8. The van der Waals surface area contributed by atoms with E-state index in [1.807, 2.05) is 36.4 Å². The molecule has 0 bridgehead atoms. The van der Waals surface area contributed by atoms with Gasteiger partial charge in [-0.2, -0.15) is 0 Å². The van der Waals surface area contributed by atoms with Crippen molar-refractivity contribution in [2.75, 3.05) is 56.6 Å². The number of para-hydroxylation sites is 3. The number of piperazine rings is 1. The van der Waals surface area contributed by atoms with E-state index in [1.165, 1.54) is 0 Å². The van der Waals surface area contributed by atoms with E-state index in [4.69, 9.17) is 4.74 Å². The molecule has 0 radical (unpaired) electrons. The lowest BCUT2D eigenvalue weighted by atomic mass is 10.1. The van der Waals surface area contributed by atoms with Crippen molar-refractivity contribution in [3.63, 3.8) is 0 Å². The van der Waals surface area contributed by atoms with Gasteiger partial charge in [-0.15, -0.1) is 0 Å². The van der Waals surface area contributed by atoms with Crippen LogP contribution in [-0.4, -0.2) is 68.2 Å². The Balaban J connectivity index is 1.26. The van der Waals surface area contributed by atoms with Gasteiger partial charge in [0.2, 0.25) is 5.91 Å². The molecule has 3 aromatic rings. The zero-order chi connectivity index (χ0) is 25.3. The molecule has 1 fully saturated rings. The lowest BCUT2D eigenvalue weighted by Crippen LogP contribution is -2.48. The van der Waals surface area contributed by atoms with Crippen molar-refractivity contribution >= 4 is 23.2 Å². The molecule has 8 heteroatoms. The number of nitrogens with one attached hydrogen (secondary N) is 2. The summed E-state index contributed by atoms with van der Waals surface area (Å²) < 4.78 is 5.17. The number of anilines is 2. The summed E-state index contributed by atoms with van der Waals surface area (Å²) in [6, 6.07) is 22.1. The molecule has 1 heterocycles. The summed E-state index contributed by atoms with van der Waals surface area (Å²) in [4.78, 5) is 29.8. The van der Waals surface area contributed by atoms with Crippen molar-refractivity contribution < 1.29 is 19.4 Å². The molecule has 8 nitrogen and oxygen atoms in total. The molecule has 0 spiro atoms. The van der Waals surface area contributed by atoms with E-state index < -0.39 is 0 Å². The fourth-order valence-electron chi connectivity index (χ4n) is 4.27. The molecule has 0 aliphatic carbocycles. The largest absolute Gasteiger partial charge is 0.506 e. The second-order valence-corrected chi connectivity index (χ2v) is 8.70. The minimum absolute atomic E-state index is 0.163. The highest BCUT2D eigenvalue weighted by molar-refractivity contribution is 6.04. The van der Waals surface area contributed by atoms with Crippen molar-refractivity contribution in [2.45, 2.75) is 6.42 Å². The monoisotopic (exact) mass is 488 g/mol. The van der Waals surface area contributed by atoms with Crippen molar-refractivity contribution in [3.05, 3.63) is 83.9 Å². The Bertz CT molecular complexity index is 1170. The Kier molecular flexibility index (Phi) is 8.41. The van der Waals surface area contributed by atoms with Gasteiger partial charge in [-0.25, -0.2) is 0 Å². The van der Waals surface area contributed by atoms with Gasteiger partial charge in [0.15, 0.2) is 0 Å². The average molecular weight is 489 g/mol. The van der Waals surface area contributed by atoms with E-state index in [0.717, 1.165) is 30.1 Å². The van der Waals surface area contributed by atoms with E-state index in [-0.39, 0.29) is 24.1 Å². The van der Waals surface area contributed by atoms with E-state index in [0.29, 0.717) is 37.3 Å². The maximum absolute atomic E-state index is 12.8. The highest BCUT2D eigenvalue weighted by Crippen LogP contribution is 2.27. The van der Waals surface area contributed by atoms with Crippen molar-refractivity contribution in [1.29, 1.82) is 0 Å². The summed E-state index contributed by atoms with van der Waals surface area (Å²) in [6.07, 6.45) is 0.691. The fourth-order valence-corrected chi connectivity index (χ4v) is 4.27. The van der Waals surface area contributed by atoms with Gasteiger partial charge in [0.1, 0.15) is 11.5 Å². The minimum Gasteiger partial charge on any atom is -0.506 e. The zero-order valence-corrected chi connectivity index (χ0v) is 20.4. The molecule has 0 atom stereocenters. The number of amides is 2. The van der Waals surface area contributed by atoms with Crippen LogP contribution in [0.3, 0.4) is 0 Å². The average Bonchev–Trinajstić information content (AvgIpc) is 2.90. The van der Waals surface area contributed by atoms with Crippen LogP contribution in [0.25, 0.3) is 0 Å². The number of nitrogens with zero attached hydrogens (tertiary/aromatic N) is 2. The van der Waals surface area contributed by atoms with Gasteiger partial charge in [-0.3, -0.25) is 14.5 Å². The Hall–Kier alpha value is -4.04. The molecular formula is C28H32N4O4. The van der Waals surface area contributed by atoms with Crippen LogP contribution in [0.1, 0.15) is 15.9 Å². The highest BCUT2D eigenvalue weighted by Gasteiger charge is 2.21. The Labute approximate surface area is 211 Å². The Morgan fingerprint density at radius 2 is 1.61 bits per heavy atom. The van der Waals surface area contributed by atoms with Crippen LogP contribution in [0.4, 0.5) is 11.4 Å². The van der Waals surface area contributed by atoms with Gasteiger partial charge in [-0.1, -0.05) is 36.4 Å². The van der Waals surface area contributed by atoms with Crippen molar-refractivity contribution in [2.24, 2.45) is 0 Å². The predicted octanol–water partition coefficient (Wildman–Crippen LogP) is 3.13. The Morgan fingerprint density at radius 3 is 2.33 bits per heavy atom. The van der Waals surface area contributed by atoms with Gasteiger partial charge in [0, 0.05) is 32.7 Å². The van der Waals surface area contributed by atoms with Crippen LogP contribution in [0.5, 0.6) is 11.5 Å². The third-order valence-corrected chi connectivity index (χ3v) is 6.27. The van der Waals surface area contributed by atoms with Gasteiger partial charge < -0.3 is 25.4 Å². The smallest absolute Gasteiger partial charge is 0.253 e. The lowest BCUT2D eigenvalue weighted by Gasteiger charge is -2.35. The number of hydrogen-bond donors (Lipinski definition) is 3. The number of carbonyl (C=O) groups is 2. The van der Waals surface area contributed by atoms with E-state index in [1.54, 1.807) is 43.5 Å². The van der Waals surface area contributed by atoms with Gasteiger partial charge in [0.05, 0.1) is 30.6 Å². The number of methoxy groups -OCH3 is 1. The van der Waals surface area contributed by atoms with Crippen molar-refractivity contribution in [1.82, 2.24) is 10.2 Å². The number of phenolic OH excluding ortho intramolecular Hbond substituents is 1. The number of carbonyl (C=O) groups excluding carboxylic acids is 2. The molecule has 0 unspecified atom stereocenters. The summed E-state index contributed by atoms with van der Waals surface area (Å²) in [5, 5.41) is 15.9. The molecule has 3 aromatic carbocycles. The second kappa shape index (κ2) is 12.1. The fraction of sp³-hybridized carbons (Fsp3) is 0.286. The zero-order valence-electron chi connectivity index (χ0n) is 20.4. The maximum Gasteiger partial charge on any atom is 0.253 e. The minimum atomic E-state index is -0.226. The first-order valence-electron chi connectivity index (χ1n) is 12.1. The summed E-state index contributed by atoms with van der Waals surface area (Å²) in [5.41, 5.74) is 2.84. The molecule has 1 saturated heterocycles. The van der Waals surface area contributed by atoms with Gasteiger partial charge >= 0.3 is 0 Å². The van der Waals surface area contributed by atoms with E-state index >= 15 is 0 Å². The van der Waals surface area contributed by atoms with Gasteiger partial charge in [0.25, 0.3) is 5.91 Å². The first-order valence-corrected chi connectivity index (χ1v) is 12.1. The van der Waals surface area contributed by atoms with Crippen LogP contribution >= 0.6 is 0 Å². The number of phenols is 1. The molecular weight excluding hydrogens is 456 g/mol. The number of ether oxygens (including phenoxy) is 1. The molecule has 2 amide bonds. The SMILES string of the molecule is COc1ccc(CCNC(=O)c2ccccc2NC(=O)CN2CCN(c3ccccc3O)CC2)cc1. The number of benzene rings is 3. The molecule has 3 N–H and O–H groups in total.